The summed E-state index contributed by atoms with van der Waals surface area (Å²) in [5, 5.41) is 4.30. The summed E-state index contributed by atoms with van der Waals surface area (Å²) in [6.07, 6.45) is 0.892. The molecule has 3 N–H and O–H groups in total. The molecule has 2 heterocycles. The van der Waals surface area contributed by atoms with Crippen LogP contribution in [-0.4, -0.2) is 27.1 Å². The Balaban J connectivity index is 1.82. The highest BCUT2D eigenvalue weighted by Gasteiger charge is 2.26. The number of carbonyl (C=O) groups is 1. The smallest absolute Gasteiger partial charge is 0.286 e. The maximum Gasteiger partial charge on any atom is 0.286 e. The molecular weight excluding hydrogens is 266 g/mol. The van der Waals surface area contributed by atoms with Crippen molar-refractivity contribution >= 4 is 5.91 Å². The molecule has 0 atom stereocenters. The average molecular weight is 285 g/mol. The van der Waals surface area contributed by atoms with Gasteiger partial charge in [0.15, 0.2) is 5.69 Å². The van der Waals surface area contributed by atoms with E-state index in [1.807, 2.05) is 25.2 Å². The van der Waals surface area contributed by atoms with Crippen molar-refractivity contribution in [2.24, 2.45) is 12.9 Å². The lowest BCUT2D eigenvalue weighted by Crippen LogP contribution is -2.34. The van der Waals surface area contributed by atoms with Crippen molar-refractivity contribution in [1.29, 1.82) is 0 Å². The molecule has 0 spiro atoms. The van der Waals surface area contributed by atoms with Crippen LogP contribution in [0.15, 0.2) is 30.3 Å². The molecule has 6 nitrogen and oxygen atoms in total. The third-order valence-corrected chi connectivity index (χ3v) is 3.92. The van der Waals surface area contributed by atoms with Gasteiger partial charge in [0.1, 0.15) is 0 Å². The number of carbonyl (C=O) groups excluding carboxylic acids is 1. The number of amides is 1. The first-order valence-corrected chi connectivity index (χ1v) is 7.01. The van der Waals surface area contributed by atoms with Crippen molar-refractivity contribution in [1.82, 2.24) is 20.1 Å². The minimum absolute atomic E-state index is 0.326. The van der Waals surface area contributed by atoms with Crippen molar-refractivity contribution in [3.8, 4) is 0 Å². The van der Waals surface area contributed by atoms with Gasteiger partial charge in [-0.25, -0.2) is 5.84 Å². The Morgan fingerprint density at radius 2 is 2.14 bits per heavy atom. The molecule has 21 heavy (non-hydrogen) atoms. The second kappa shape index (κ2) is 5.67. The zero-order chi connectivity index (χ0) is 14.8. The second-order valence-electron chi connectivity index (χ2n) is 5.32. The molecule has 0 bridgehead atoms. The first kappa shape index (κ1) is 13.8. The van der Waals surface area contributed by atoms with Gasteiger partial charge >= 0.3 is 0 Å². The van der Waals surface area contributed by atoms with Crippen molar-refractivity contribution in [2.75, 3.05) is 6.54 Å². The molecule has 0 saturated heterocycles. The zero-order valence-corrected chi connectivity index (χ0v) is 12.0. The number of nitrogens with one attached hydrogen (secondary N) is 1. The van der Waals surface area contributed by atoms with Crippen LogP contribution in [0.25, 0.3) is 0 Å². The fraction of sp³-hybridized carbons (Fsp3) is 0.333. The van der Waals surface area contributed by atoms with Crippen molar-refractivity contribution in [3.63, 3.8) is 0 Å². The van der Waals surface area contributed by atoms with Crippen molar-refractivity contribution < 1.29 is 4.79 Å². The van der Waals surface area contributed by atoms with Crippen molar-refractivity contribution in [2.45, 2.75) is 19.5 Å². The number of aryl methyl sites for hydroxylation is 1. The highest BCUT2D eigenvalue weighted by Crippen LogP contribution is 2.23. The molecule has 1 aromatic carbocycles. The summed E-state index contributed by atoms with van der Waals surface area (Å²) < 4.78 is 1.79. The number of hydrogen-bond acceptors (Lipinski definition) is 4. The van der Waals surface area contributed by atoms with Crippen LogP contribution in [0, 0.1) is 0 Å². The lowest BCUT2D eigenvalue weighted by molar-refractivity contribution is 0.0945. The number of benzene rings is 1. The maximum atomic E-state index is 11.8. The Bertz CT molecular complexity index is 650. The van der Waals surface area contributed by atoms with Gasteiger partial charge in [-0.3, -0.25) is 19.8 Å². The third kappa shape index (κ3) is 2.68. The highest BCUT2D eigenvalue weighted by molar-refractivity contribution is 5.93. The van der Waals surface area contributed by atoms with E-state index in [0.717, 1.165) is 37.3 Å². The summed E-state index contributed by atoms with van der Waals surface area (Å²) in [5.41, 5.74) is 6.00. The fourth-order valence-electron chi connectivity index (χ4n) is 2.88. The summed E-state index contributed by atoms with van der Waals surface area (Å²) in [7, 11) is 1.87. The molecule has 0 fully saturated rings. The number of hydrogen-bond donors (Lipinski definition) is 2. The SMILES string of the molecule is Cn1nc(C(=O)NN)c2c1CCN(Cc1ccccc1)C2. The van der Waals surface area contributed by atoms with Gasteiger partial charge in [0.25, 0.3) is 5.91 Å². The predicted molar refractivity (Wildman–Crippen MR) is 79.1 cm³/mol. The van der Waals surface area contributed by atoms with Crippen LogP contribution in [0.1, 0.15) is 27.3 Å². The van der Waals surface area contributed by atoms with Crippen LogP contribution < -0.4 is 11.3 Å². The minimum Gasteiger partial charge on any atom is -0.294 e. The zero-order valence-electron chi connectivity index (χ0n) is 12.0. The first-order chi connectivity index (χ1) is 10.2. The molecule has 110 valence electrons. The van der Waals surface area contributed by atoms with Gasteiger partial charge in [-0.1, -0.05) is 30.3 Å². The second-order valence-corrected chi connectivity index (χ2v) is 5.32. The fourth-order valence-corrected chi connectivity index (χ4v) is 2.88. The number of fused-ring (bicyclic) bond motifs is 1. The number of rotatable bonds is 3. The standard InChI is InChI=1S/C15H19N5O/c1-19-13-7-8-20(9-11-5-3-2-4-6-11)10-12(13)14(18-19)15(21)17-16/h2-6H,7-10,16H2,1H3,(H,17,21). The summed E-state index contributed by atoms with van der Waals surface area (Å²) in [6, 6.07) is 10.3. The molecule has 2 aromatic rings. The van der Waals surface area contributed by atoms with Crippen LogP contribution in [-0.2, 0) is 26.6 Å². The van der Waals surface area contributed by atoms with Gasteiger partial charge in [0, 0.05) is 44.4 Å². The molecule has 0 unspecified atom stereocenters. The van der Waals surface area contributed by atoms with Crippen LogP contribution in [0.5, 0.6) is 0 Å². The number of nitrogens with zero attached hydrogens (tertiary/aromatic N) is 3. The molecule has 1 amide bonds. The normalized spacial score (nSPS) is 14.8. The molecule has 1 aromatic heterocycles. The van der Waals surface area contributed by atoms with Crippen LogP contribution in [0.2, 0.25) is 0 Å². The first-order valence-electron chi connectivity index (χ1n) is 7.01. The largest absolute Gasteiger partial charge is 0.294 e. The Morgan fingerprint density at radius 1 is 1.38 bits per heavy atom. The molecule has 0 aliphatic carbocycles. The quantitative estimate of drug-likeness (QED) is 0.491. The van der Waals surface area contributed by atoms with Crippen LogP contribution >= 0.6 is 0 Å². The van der Waals surface area contributed by atoms with E-state index in [-0.39, 0.29) is 5.91 Å². The maximum absolute atomic E-state index is 11.8. The molecule has 3 rings (SSSR count). The molecule has 1 aliphatic rings. The monoisotopic (exact) mass is 285 g/mol. The summed E-state index contributed by atoms with van der Waals surface area (Å²) in [6.45, 7) is 2.56. The lowest BCUT2D eigenvalue weighted by Gasteiger charge is -2.27. The number of nitrogens with two attached hydrogens (primary N) is 1. The Kier molecular flexibility index (Phi) is 3.72. The van der Waals surface area contributed by atoms with E-state index in [0.29, 0.717) is 5.69 Å². The van der Waals surface area contributed by atoms with E-state index in [9.17, 15) is 4.79 Å². The molecule has 0 saturated carbocycles. The molecule has 1 aliphatic heterocycles. The van der Waals surface area contributed by atoms with Gasteiger partial charge in [-0.15, -0.1) is 0 Å². The summed E-state index contributed by atoms with van der Waals surface area (Å²) in [4.78, 5) is 14.2. The van der Waals surface area contributed by atoms with Crippen LogP contribution in [0.4, 0.5) is 0 Å². The number of nitrogen functional groups attached to an aromatic ring is 1. The molecule has 0 radical (unpaired) electrons. The Morgan fingerprint density at radius 3 is 2.86 bits per heavy atom. The van der Waals surface area contributed by atoms with E-state index in [1.165, 1.54) is 5.56 Å². The molecular formula is C15H19N5O. The Hall–Kier alpha value is -2.18. The highest BCUT2D eigenvalue weighted by atomic mass is 16.2. The Labute approximate surface area is 123 Å². The van der Waals surface area contributed by atoms with E-state index < -0.39 is 0 Å². The number of aromatic nitrogens is 2. The van der Waals surface area contributed by atoms with Crippen molar-refractivity contribution in [3.05, 3.63) is 52.8 Å². The van der Waals surface area contributed by atoms with E-state index in [1.54, 1.807) is 4.68 Å². The van der Waals surface area contributed by atoms with Gasteiger partial charge in [-0.2, -0.15) is 5.10 Å². The molecule has 6 heteroatoms. The van der Waals surface area contributed by atoms with E-state index >= 15 is 0 Å². The van der Waals surface area contributed by atoms with E-state index in [2.05, 4.69) is 27.6 Å². The minimum atomic E-state index is -0.326. The van der Waals surface area contributed by atoms with Crippen LogP contribution in [0.3, 0.4) is 0 Å². The average Bonchev–Trinajstić information content (AvgIpc) is 2.84. The summed E-state index contributed by atoms with van der Waals surface area (Å²) >= 11 is 0. The number of hydrazine groups is 1. The van der Waals surface area contributed by atoms with Gasteiger partial charge in [0.2, 0.25) is 0 Å². The topological polar surface area (TPSA) is 76.2 Å². The van der Waals surface area contributed by atoms with Gasteiger partial charge in [0.05, 0.1) is 0 Å². The lowest BCUT2D eigenvalue weighted by atomic mass is 10.0. The van der Waals surface area contributed by atoms with Gasteiger partial charge < -0.3 is 0 Å². The predicted octanol–water partition coefficient (Wildman–Crippen LogP) is 0.582. The van der Waals surface area contributed by atoms with E-state index in [4.69, 9.17) is 5.84 Å². The summed E-state index contributed by atoms with van der Waals surface area (Å²) in [5.74, 6) is 4.92. The van der Waals surface area contributed by atoms with Gasteiger partial charge in [-0.05, 0) is 5.56 Å². The third-order valence-electron chi connectivity index (χ3n) is 3.92.